The van der Waals surface area contributed by atoms with Crippen LogP contribution in [0.2, 0.25) is 0 Å². The van der Waals surface area contributed by atoms with Crippen molar-refractivity contribution in [2.75, 3.05) is 13.1 Å². The van der Waals surface area contributed by atoms with Crippen LogP contribution in [0.1, 0.15) is 45.4 Å². The average Bonchev–Trinajstić information content (AvgIpc) is 3.08. The highest BCUT2D eigenvalue weighted by Crippen LogP contribution is 2.27. The van der Waals surface area contributed by atoms with Crippen molar-refractivity contribution >= 4 is 17.2 Å². The molecule has 2 aromatic heterocycles. The Morgan fingerprint density at radius 1 is 1.57 bits per heavy atom. The Morgan fingerprint density at radius 2 is 2.43 bits per heavy atom. The van der Waals surface area contributed by atoms with Gasteiger partial charge in [0.15, 0.2) is 0 Å². The number of aromatic nitrogens is 2. The predicted octanol–water partition coefficient (Wildman–Crippen LogP) is 2.26. The maximum atomic E-state index is 11.1. The van der Waals surface area contributed by atoms with Gasteiger partial charge in [-0.1, -0.05) is 0 Å². The van der Waals surface area contributed by atoms with E-state index in [0.717, 1.165) is 25.3 Å². The lowest BCUT2D eigenvalue weighted by atomic mass is 9.94. The smallest absolute Gasteiger partial charge is 0.249 e. The highest BCUT2D eigenvalue weighted by Gasteiger charge is 2.23. The summed E-state index contributed by atoms with van der Waals surface area (Å²) in [5.74, 6) is 0.153. The summed E-state index contributed by atoms with van der Waals surface area (Å²) in [5, 5.41) is 9.27. The average molecular weight is 304 g/mol. The van der Waals surface area contributed by atoms with Gasteiger partial charge in [-0.15, -0.1) is 11.3 Å². The minimum atomic E-state index is -0.346. The summed E-state index contributed by atoms with van der Waals surface area (Å²) in [6.45, 7) is 5.05. The molecule has 0 bridgehead atoms. The Labute approximate surface area is 128 Å². The molecule has 1 saturated heterocycles. The summed E-state index contributed by atoms with van der Waals surface area (Å²) in [6.07, 6.45) is 2.38. The number of piperidine rings is 1. The van der Waals surface area contributed by atoms with Crippen LogP contribution in [0.25, 0.3) is 0 Å². The number of primary amides is 1. The Hall–Kier alpha value is -1.66. The first-order chi connectivity index (χ1) is 10.1. The van der Waals surface area contributed by atoms with Gasteiger partial charge in [-0.3, -0.25) is 14.8 Å². The summed E-state index contributed by atoms with van der Waals surface area (Å²) < 4.78 is 0. The molecule has 3 rings (SSSR count). The first kappa shape index (κ1) is 14.3. The summed E-state index contributed by atoms with van der Waals surface area (Å²) in [5.41, 5.74) is 8.21. The van der Waals surface area contributed by atoms with Crippen molar-refractivity contribution in [3.63, 3.8) is 0 Å². The molecule has 1 atom stereocenters. The van der Waals surface area contributed by atoms with E-state index in [1.165, 1.54) is 23.4 Å². The van der Waals surface area contributed by atoms with Crippen LogP contribution in [0, 0.1) is 6.92 Å². The summed E-state index contributed by atoms with van der Waals surface area (Å²) in [7, 11) is 0. The van der Waals surface area contributed by atoms with E-state index in [1.54, 1.807) is 11.3 Å². The van der Waals surface area contributed by atoms with Gasteiger partial charge in [-0.25, -0.2) is 0 Å². The second-order valence-corrected chi connectivity index (χ2v) is 6.71. The van der Waals surface area contributed by atoms with E-state index >= 15 is 0 Å². The van der Waals surface area contributed by atoms with E-state index < -0.39 is 0 Å². The molecule has 0 spiro atoms. The van der Waals surface area contributed by atoms with E-state index in [1.807, 2.05) is 18.4 Å². The van der Waals surface area contributed by atoms with E-state index in [4.69, 9.17) is 5.73 Å². The predicted molar refractivity (Wildman–Crippen MR) is 83.4 cm³/mol. The molecule has 0 radical (unpaired) electrons. The maximum absolute atomic E-state index is 11.1. The molecule has 6 heteroatoms. The van der Waals surface area contributed by atoms with Gasteiger partial charge < -0.3 is 5.73 Å². The monoisotopic (exact) mass is 304 g/mol. The van der Waals surface area contributed by atoms with Gasteiger partial charge in [-0.05, 0) is 38.4 Å². The molecule has 1 aliphatic heterocycles. The zero-order valence-corrected chi connectivity index (χ0v) is 12.9. The Balaban J connectivity index is 1.64. The van der Waals surface area contributed by atoms with Gasteiger partial charge in [0, 0.05) is 35.0 Å². The fourth-order valence-corrected chi connectivity index (χ4v) is 3.82. The summed E-state index contributed by atoms with van der Waals surface area (Å²) in [6, 6.07) is 4.06. The van der Waals surface area contributed by atoms with Crippen LogP contribution in [0.3, 0.4) is 0 Å². The van der Waals surface area contributed by atoms with Crippen molar-refractivity contribution in [1.29, 1.82) is 0 Å². The number of likely N-dealkylation sites (tertiary alicyclic amines) is 1. The fraction of sp³-hybridized carbons (Fsp3) is 0.467. The largest absolute Gasteiger partial charge is 0.366 e. The lowest BCUT2D eigenvalue weighted by Gasteiger charge is -2.31. The number of H-pyrrole nitrogens is 1. The number of hydrogen-bond acceptors (Lipinski definition) is 4. The van der Waals surface area contributed by atoms with E-state index in [9.17, 15) is 4.79 Å². The number of carbonyl (C=O) groups excluding carboxylic acids is 1. The van der Waals surface area contributed by atoms with Gasteiger partial charge in [0.1, 0.15) is 0 Å². The third-order valence-corrected chi connectivity index (χ3v) is 4.89. The molecule has 2 aromatic rings. The SMILES string of the molecule is Cc1cc(C2CCCN(Cc3cc(C(N)=O)cs3)C2)n[nH]1. The first-order valence-corrected chi connectivity index (χ1v) is 8.11. The van der Waals surface area contributed by atoms with Crippen molar-refractivity contribution < 1.29 is 4.79 Å². The summed E-state index contributed by atoms with van der Waals surface area (Å²) >= 11 is 1.61. The molecule has 1 fully saturated rings. The molecular weight excluding hydrogens is 284 g/mol. The molecule has 21 heavy (non-hydrogen) atoms. The second kappa shape index (κ2) is 5.99. The Morgan fingerprint density at radius 3 is 3.10 bits per heavy atom. The van der Waals surface area contributed by atoms with Crippen LogP contribution in [0.4, 0.5) is 0 Å². The van der Waals surface area contributed by atoms with Gasteiger partial charge >= 0.3 is 0 Å². The van der Waals surface area contributed by atoms with Crippen LogP contribution >= 0.6 is 11.3 Å². The number of carbonyl (C=O) groups is 1. The third-order valence-electron chi connectivity index (χ3n) is 3.97. The minimum absolute atomic E-state index is 0.346. The van der Waals surface area contributed by atoms with E-state index in [0.29, 0.717) is 11.5 Å². The van der Waals surface area contributed by atoms with Gasteiger partial charge in [0.2, 0.25) is 5.91 Å². The first-order valence-electron chi connectivity index (χ1n) is 7.23. The van der Waals surface area contributed by atoms with Crippen molar-refractivity contribution in [3.8, 4) is 0 Å². The number of aryl methyl sites for hydroxylation is 1. The van der Waals surface area contributed by atoms with Crippen molar-refractivity contribution in [1.82, 2.24) is 15.1 Å². The number of rotatable bonds is 4. The Kier molecular flexibility index (Phi) is 4.07. The van der Waals surface area contributed by atoms with Crippen molar-refractivity contribution in [2.24, 2.45) is 5.73 Å². The number of thiophene rings is 1. The molecule has 5 nitrogen and oxygen atoms in total. The second-order valence-electron chi connectivity index (χ2n) is 5.72. The highest BCUT2D eigenvalue weighted by atomic mass is 32.1. The van der Waals surface area contributed by atoms with Gasteiger partial charge in [-0.2, -0.15) is 5.10 Å². The molecule has 0 saturated carbocycles. The number of aromatic amines is 1. The fourth-order valence-electron chi connectivity index (χ4n) is 2.90. The molecule has 1 aliphatic rings. The van der Waals surface area contributed by atoms with Crippen LogP contribution in [-0.4, -0.2) is 34.1 Å². The molecule has 3 N–H and O–H groups in total. The zero-order valence-electron chi connectivity index (χ0n) is 12.1. The Bertz CT molecular complexity index is 633. The molecule has 0 aromatic carbocycles. The topological polar surface area (TPSA) is 75.0 Å². The molecule has 0 aliphatic carbocycles. The summed E-state index contributed by atoms with van der Waals surface area (Å²) in [4.78, 5) is 14.8. The number of hydrogen-bond donors (Lipinski definition) is 2. The lowest BCUT2D eigenvalue weighted by Crippen LogP contribution is -2.33. The quantitative estimate of drug-likeness (QED) is 0.909. The normalized spacial score (nSPS) is 19.8. The number of nitrogens with two attached hydrogens (primary N) is 1. The third kappa shape index (κ3) is 3.33. The molecule has 1 unspecified atom stereocenters. The van der Waals surface area contributed by atoms with Crippen LogP contribution in [0.5, 0.6) is 0 Å². The molecule has 112 valence electrons. The standard InChI is InChI=1S/C15H20N4OS/c1-10-5-14(18-17-10)11-3-2-4-19(7-11)8-13-6-12(9-21-13)15(16)20/h5-6,9,11H,2-4,7-8H2,1H3,(H2,16,20)(H,17,18). The van der Waals surface area contributed by atoms with Crippen molar-refractivity contribution in [2.45, 2.75) is 32.2 Å². The number of nitrogens with one attached hydrogen (secondary N) is 1. The van der Waals surface area contributed by atoms with E-state index in [-0.39, 0.29) is 5.91 Å². The van der Waals surface area contributed by atoms with Gasteiger partial charge in [0.25, 0.3) is 0 Å². The van der Waals surface area contributed by atoms with Crippen LogP contribution in [0.15, 0.2) is 17.5 Å². The number of amides is 1. The van der Waals surface area contributed by atoms with Crippen LogP contribution < -0.4 is 5.73 Å². The van der Waals surface area contributed by atoms with Crippen molar-refractivity contribution in [3.05, 3.63) is 39.3 Å². The maximum Gasteiger partial charge on any atom is 0.249 e. The zero-order chi connectivity index (χ0) is 14.8. The van der Waals surface area contributed by atoms with Crippen LogP contribution in [-0.2, 0) is 6.54 Å². The van der Waals surface area contributed by atoms with E-state index in [2.05, 4.69) is 21.2 Å². The molecular formula is C15H20N4OS. The van der Waals surface area contributed by atoms with Gasteiger partial charge in [0.05, 0.1) is 11.3 Å². The minimum Gasteiger partial charge on any atom is -0.366 e. The lowest BCUT2D eigenvalue weighted by molar-refractivity contribution is 0.100. The number of nitrogens with zero attached hydrogens (tertiary/aromatic N) is 2. The molecule has 3 heterocycles. The molecule has 1 amide bonds. The highest BCUT2D eigenvalue weighted by molar-refractivity contribution is 7.10.